The average molecular weight is 281 g/mol. The molecule has 0 fully saturated rings. The van der Waals surface area contributed by atoms with Gasteiger partial charge in [-0.05, 0) is 43.5 Å². The fourth-order valence-electron chi connectivity index (χ4n) is 2.88. The fourth-order valence-corrected chi connectivity index (χ4v) is 2.88. The summed E-state index contributed by atoms with van der Waals surface area (Å²) < 4.78 is 2.23. The van der Waals surface area contributed by atoms with E-state index in [1.54, 1.807) is 0 Å². The summed E-state index contributed by atoms with van der Waals surface area (Å²) in [6, 6.07) is 15.6. The van der Waals surface area contributed by atoms with Crippen LogP contribution in [0.4, 0.5) is 0 Å². The van der Waals surface area contributed by atoms with E-state index in [-0.39, 0.29) is 12.0 Å². The van der Waals surface area contributed by atoms with E-state index < -0.39 is 0 Å². The van der Waals surface area contributed by atoms with E-state index in [4.69, 9.17) is 5.11 Å². The molecule has 3 heteroatoms. The Labute approximate surface area is 123 Å². The van der Waals surface area contributed by atoms with Gasteiger partial charge in [0, 0.05) is 23.9 Å². The summed E-state index contributed by atoms with van der Waals surface area (Å²) in [6.07, 6.45) is 2.82. The first-order chi connectivity index (χ1) is 10.3. The van der Waals surface area contributed by atoms with E-state index in [1.165, 1.54) is 0 Å². The number of aliphatic hydroxyl groups excluding tert-OH is 1. The average Bonchev–Trinajstić information content (AvgIpc) is 2.54. The van der Waals surface area contributed by atoms with Crippen LogP contribution in [-0.4, -0.2) is 16.3 Å². The second-order valence-electron chi connectivity index (χ2n) is 5.30. The van der Waals surface area contributed by atoms with Gasteiger partial charge >= 0.3 is 0 Å². The van der Waals surface area contributed by atoms with Crippen LogP contribution in [0.5, 0.6) is 0 Å². The SMILES string of the molecule is O=c1c2ccccc2n(CCCCCO)c2ccccc12. The third-order valence-electron chi connectivity index (χ3n) is 3.92. The number of para-hydroxylation sites is 2. The molecule has 3 rings (SSSR count). The first kappa shape index (κ1) is 13.8. The number of benzene rings is 2. The summed E-state index contributed by atoms with van der Waals surface area (Å²) in [7, 11) is 0. The minimum absolute atomic E-state index is 0.104. The van der Waals surface area contributed by atoms with Crippen LogP contribution in [0.3, 0.4) is 0 Å². The number of pyridine rings is 1. The third-order valence-corrected chi connectivity index (χ3v) is 3.92. The molecule has 108 valence electrons. The van der Waals surface area contributed by atoms with Crippen molar-refractivity contribution < 1.29 is 5.11 Å². The van der Waals surface area contributed by atoms with Crippen LogP contribution in [0.2, 0.25) is 0 Å². The van der Waals surface area contributed by atoms with Crippen molar-refractivity contribution in [2.75, 3.05) is 6.61 Å². The molecule has 0 aliphatic rings. The molecule has 0 bridgehead atoms. The van der Waals surface area contributed by atoms with Crippen LogP contribution >= 0.6 is 0 Å². The maximum absolute atomic E-state index is 12.6. The Balaban J connectivity index is 2.18. The highest BCUT2D eigenvalue weighted by Gasteiger charge is 2.09. The van der Waals surface area contributed by atoms with Gasteiger partial charge < -0.3 is 9.67 Å². The van der Waals surface area contributed by atoms with E-state index in [0.29, 0.717) is 0 Å². The number of rotatable bonds is 5. The van der Waals surface area contributed by atoms with Crippen molar-refractivity contribution in [3.63, 3.8) is 0 Å². The van der Waals surface area contributed by atoms with Gasteiger partial charge in [-0.15, -0.1) is 0 Å². The monoisotopic (exact) mass is 281 g/mol. The molecule has 1 heterocycles. The normalized spacial score (nSPS) is 11.3. The van der Waals surface area contributed by atoms with Gasteiger partial charge in [-0.2, -0.15) is 0 Å². The van der Waals surface area contributed by atoms with Crippen LogP contribution in [0.15, 0.2) is 53.3 Å². The Bertz CT molecular complexity index is 760. The molecule has 2 aromatic carbocycles. The van der Waals surface area contributed by atoms with Crippen LogP contribution in [0, 0.1) is 0 Å². The maximum Gasteiger partial charge on any atom is 0.197 e. The van der Waals surface area contributed by atoms with Crippen LogP contribution in [0.25, 0.3) is 21.8 Å². The van der Waals surface area contributed by atoms with Crippen molar-refractivity contribution in [2.45, 2.75) is 25.8 Å². The Morgan fingerprint density at radius 2 is 1.38 bits per heavy atom. The molecular formula is C18H19NO2. The summed E-state index contributed by atoms with van der Waals surface area (Å²) in [6.45, 7) is 1.10. The first-order valence-corrected chi connectivity index (χ1v) is 7.44. The smallest absolute Gasteiger partial charge is 0.197 e. The summed E-state index contributed by atoms with van der Waals surface area (Å²) in [4.78, 5) is 12.6. The van der Waals surface area contributed by atoms with Crippen molar-refractivity contribution >= 4 is 21.8 Å². The highest BCUT2D eigenvalue weighted by Crippen LogP contribution is 2.19. The molecule has 0 spiro atoms. The second-order valence-corrected chi connectivity index (χ2v) is 5.30. The number of hydrogen-bond acceptors (Lipinski definition) is 2. The minimum Gasteiger partial charge on any atom is -0.396 e. The van der Waals surface area contributed by atoms with Crippen molar-refractivity contribution in [3.05, 3.63) is 58.8 Å². The fraction of sp³-hybridized carbons (Fsp3) is 0.278. The van der Waals surface area contributed by atoms with E-state index in [9.17, 15) is 4.79 Å². The second kappa shape index (κ2) is 6.10. The van der Waals surface area contributed by atoms with E-state index in [0.717, 1.165) is 47.6 Å². The predicted molar refractivity (Wildman–Crippen MR) is 86.7 cm³/mol. The lowest BCUT2D eigenvalue weighted by atomic mass is 10.1. The van der Waals surface area contributed by atoms with Crippen molar-refractivity contribution in [1.82, 2.24) is 4.57 Å². The van der Waals surface area contributed by atoms with E-state index in [1.807, 2.05) is 48.5 Å². The summed E-state index contributed by atoms with van der Waals surface area (Å²) in [5.74, 6) is 0. The van der Waals surface area contributed by atoms with Gasteiger partial charge in [0.1, 0.15) is 0 Å². The molecule has 0 unspecified atom stereocenters. The number of aryl methyl sites for hydroxylation is 1. The Kier molecular flexibility index (Phi) is 4.02. The van der Waals surface area contributed by atoms with Gasteiger partial charge in [-0.25, -0.2) is 0 Å². The first-order valence-electron chi connectivity index (χ1n) is 7.44. The number of unbranched alkanes of at least 4 members (excludes halogenated alkanes) is 2. The molecule has 21 heavy (non-hydrogen) atoms. The quantitative estimate of drug-likeness (QED) is 0.576. The largest absolute Gasteiger partial charge is 0.396 e. The molecular weight excluding hydrogens is 262 g/mol. The molecule has 1 aromatic heterocycles. The summed E-state index contributed by atoms with van der Waals surface area (Å²) >= 11 is 0. The molecule has 1 N–H and O–H groups in total. The highest BCUT2D eigenvalue weighted by atomic mass is 16.2. The van der Waals surface area contributed by atoms with Gasteiger partial charge in [0.15, 0.2) is 5.43 Å². The van der Waals surface area contributed by atoms with Gasteiger partial charge in [-0.3, -0.25) is 4.79 Å². The van der Waals surface area contributed by atoms with Crippen LogP contribution < -0.4 is 5.43 Å². The van der Waals surface area contributed by atoms with Gasteiger partial charge in [0.05, 0.1) is 11.0 Å². The molecule has 3 nitrogen and oxygen atoms in total. The van der Waals surface area contributed by atoms with Crippen molar-refractivity contribution in [3.8, 4) is 0 Å². The number of fused-ring (bicyclic) bond motifs is 2. The Morgan fingerprint density at radius 3 is 1.95 bits per heavy atom. The molecule has 0 atom stereocenters. The number of nitrogens with zero attached hydrogens (tertiary/aromatic N) is 1. The molecule has 0 aliphatic carbocycles. The zero-order valence-corrected chi connectivity index (χ0v) is 12.0. The summed E-state index contributed by atoms with van der Waals surface area (Å²) in [5, 5.41) is 10.4. The van der Waals surface area contributed by atoms with Crippen molar-refractivity contribution in [1.29, 1.82) is 0 Å². The molecule has 0 amide bonds. The number of hydrogen-bond donors (Lipinski definition) is 1. The maximum atomic E-state index is 12.6. The minimum atomic E-state index is 0.104. The van der Waals surface area contributed by atoms with Crippen LogP contribution in [0.1, 0.15) is 19.3 Å². The zero-order chi connectivity index (χ0) is 14.7. The number of aromatic nitrogens is 1. The molecule has 0 radical (unpaired) electrons. The van der Waals surface area contributed by atoms with Gasteiger partial charge in [-0.1, -0.05) is 24.3 Å². The lowest BCUT2D eigenvalue weighted by Gasteiger charge is -2.15. The highest BCUT2D eigenvalue weighted by molar-refractivity contribution is 5.93. The lowest BCUT2D eigenvalue weighted by Crippen LogP contribution is -2.11. The van der Waals surface area contributed by atoms with Crippen molar-refractivity contribution in [2.24, 2.45) is 0 Å². The molecule has 3 aromatic rings. The molecule has 0 aliphatic heterocycles. The lowest BCUT2D eigenvalue weighted by molar-refractivity contribution is 0.282. The van der Waals surface area contributed by atoms with Crippen LogP contribution in [-0.2, 0) is 6.54 Å². The van der Waals surface area contributed by atoms with E-state index in [2.05, 4.69) is 4.57 Å². The predicted octanol–water partition coefficient (Wildman–Crippen LogP) is 3.32. The van der Waals surface area contributed by atoms with Gasteiger partial charge in [0.2, 0.25) is 0 Å². The standard InChI is InChI=1S/C18H19NO2/c20-13-7-1-6-12-19-16-10-4-2-8-14(16)18(21)15-9-3-5-11-17(15)19/h2-5,8-11,20H,1,6-7,12-13H2. The van der Waals surface area contributed by atoms with E-state index >= 15 is 0 Å². The number of aliphatic hydroxyl groups is 1. The third kappa shape index (κ3) is 2.57. The Hall–Kier alpha value is -2.13. The molecule has 0 saturated heterocycles. The zero-order valence-electron chi connectivity index (χ0n) is 12.0. The summed E-state index contributed by atoms with van der Waals surface area (Å²) in [5.41, 5.74) is 2.09. The van der Waals surface area contributed by atoms with Gasteiger partial charge in [0.25, 0.3) is 0 Å². The topological polar surface area (TPSA) is 42.2 Å². The molecule has 0 saturated carbocycles. The Morgan fingerprint density at radius 1 is 0.810 bits per heavy atom.